The number of hydrogen-bond donors (Lipinski definition) is 2. The van der Waals surface area contributed by atoms with Crippen LogP contribution >= 0.6 is 27.7 Å². The van der Waals surface area contributed by atoms with E-state index in [0.29, 0.717) is 10.9 Å². The predicted molar refractivity (Wildman–Crippen MR) is 90.6 cm³/mol. The molecule has 2 aromatic rings. The van der Waals surface area contributed by atoms with Crippen LogP contribution in [0.15, 0.2) is 44.8 Å². The molecule has 0 spiro atoms. The van der Waals surface area contributed by atoms with Crippen LogP contribution in [0.3, 0.4) is 0 Å². The van der Waals surface area contributed by atoms with Crippen LogP contribution < -0.4 is 11.3 Å². The zero-order valence-corrected chi connectivity index (χ0v) is 14.4. The highest BCUT2D eigenvalue weighted by Gasteiger charge is 2.21. The second-order valence-corrected chi connectivity index (χ2v) is 6.90. The van der Waals surface area contributed by atoms with E-state index in [0.717, 1.165) is 16.5 Å². The van der Waals surface area contributed by atoms with Gasteiger partial charge in [-0.25, -0.2) is 4.98 Å². The third-order valence-corrected chi connectivity index (χ3v) is 4.91. The number of nitrogens with two attached hydrogens (primary N) is 1. The minimum Gasteiger partial charge on any atom is -0.326 e. The largest absolute Gasteiger partial charge is 0.326 e. The number of H-pyrrole nitrogens is 1. The molecule has 0 radical (unpaired) electrons. The lowest BCUT2D eigenvalue weighted by atomic mass is 10.0. The maximum absolute atomic E-state index is 11.6. The fourth-order valence-corrected chi connectivity index (χ4v) is 3.69. The summed E-state index contributed by atoms with van der Waals surface area (Å²) >= 11 is 4.99. The average molecular weight is 368 g/mol. The molecule has 2 atom stereocenters. The summed E-state index contributed by atoms with van der Waals surface area (Å²) in [5.74, 6) is 0. The van der Waals surface area contributed by atoms with Crippen LogP contribution in [0.4, 0.5) is 0 Å². The summed E-state index contributed by atoms with van der Waals surface area (Å²) in [5, 5.41) is 0.645. The predicted octanol–water partition coefficient (Wildman–Crippen LogP) is 3.41. The molecule has 1 aromatic carbocycles. The topological polar surface area (TPSA) is 71.8 Å². The molecule has 2 rings (SSSR count). The minimum atomic E-state index is -0.136. The second kappa shape index (κ2) is 7.24. The van der Waals surface area contributed by atoms with Gasteiger partial charge in [0.25, 0.3) is 5.56 Å². The Hall–Kier alpha value is -1.11. The van der Waals surface area contributed by atoms with Crippen LogP contribution in [0.25, 0.3) is 0 Å². The first kappa shape index (κ1) is 16.3. The van der Waals surface area contributed by atoms with Crippen LogP contribution in [0.2, 0.25) is 0 Å². The normalized spacial score (nSPS) is 13.9. The first-order valence-corrected chi connectivity index (χ1v) is 8.42. The number of nitrogens with zero attached hydrogens (tertiary/aromatic N) is 1. The smallest absolute Gasteiger partial charge is 0.251 e. The van der Waals surface area contributed by atoms with Crippen molar-refractivity contribution in [2.45, 2.75) is 36.7 Å². The number of benzene rings is 1. The van der Waals surface area contributed by atoms with E-state index in [1.54, 1.807) is 0 Å². The number of halogens is 1. The summed E-state index contributed by atoms with van der Waals surface area (Å²) in [5.41, 5.74) is 7.96. The third kappa shape index (κ3) is 4.43. The summed E-state index contributed by atoms with van der Waals surface area (Å²) in [4.78, 5) is 18.7. The molecule has 6 heteroatoms. The molecular weight excluding hydrogens is 350 g/mol. The maximum atomic E-state index is 11.6. The highest BCUT2D eigenvalue weighted by atomic mass is 79.9. The van der Waals surface area contributed by atoms with Crippen molar-refractivity contribution in [2.24, 2.45) is 5.73 Å². The molecule has 21 heavy (non-hydrogen) atoms. The van der Waals surface area contributed by atoms with Crippen molar-refractivity contribution in [1.29, 1.82) is 0 Å². The number of rotatable bonds is 5. The van der Waals surface area contributed by atoms with E-state index >= 15 is 0 Å². The van der Waals surface area contributed by atoms with Crippen molar-refractivity contribution < 1.29 is 0 Å². The van der Waals surface area contributed by atoms with Gasteiger partial charge in [-0.05, 0) is 31.0 Å². The zero-order valence-electron chi connectivity index (χ0n) is 12.0. The van der Waals surface area contributed by atoms with Crippen LogP contribution in [-0.2, 0) is 0 Å². The van der Waals surface area contributed by atoms with Crippen molar-refractivity contribution in [1.82, 2.24) is 9.97 Å². The standard InChI is InChI=1S/C15H18BrN3OS/c1-3-12(17)14(10-5-4-6-11(16)8-10)21-15-18-9(2)7-13(20)19-15/h4-8,12,14H,3,17H2,1-2H3,(H,18,19,20). The molecule has 0 aliphatic carbocycles. The van der Waals surface area contributed by atoms with Gasteiger partial charge >= 0.3 is 0 Å². The second-order valence-electron chi connectivity index (χ2n) is 4.86. The lowest BCUT2D eigenvalue weighted by Gasteiger charge is -2.22. The quantitative estimate of drug-likeness (QED) is 0.627. The molecule has 4 nitrogen and oxygen atoms in total. The van der Waals surface area contributed by atoms with E-state index in [2.05, 4.69) is 38.9 Å². The van der Waals surface area contributed by atoms with Crippen LogP contribution in [0, 0.1) is 6.92 Å². The van der Waals surface area contributed by atoms with Gasteiger partial charge < -0.3 is 10.7 Å². The Kier molecular flexibility index (Phi) is 5.61. The van der Waals surface area contributed by atoms with Gasteiger partial charge in [0.2, 0.25) is 0 Å². The first-order chi connectivity index (χ1) is 9.99. The summed E-state index contributed by atoms with van der Waals surface area (Å²) < 4.78 is 1.01. The van der Waals surface area contributed by atoms with Crippen molar-refractivity contribution in [3.8, 4) is 0 Å². The van der Waals surface area contributed by atoms with E-state index in [4.69, 9.17) is 5.73 Å². The summed E-state index contributed by atoms with van der Waals surface area (Å²) in [6.45, 7) is 3.87. The van der Waals surface area contributed by atoms with E-state index < -0.39 is 0 Å². The molecule has 1 heterocycles. The molecule has 1 aromatic heterocycles. The van der Waals surface area contributed by atoms with Crippen LogP contribution in [-0.4, -0.2) is 16.0 Å². The molecule has 0 aliphatic heterocycles. The van der Waals surface area contributed by atoms with E-state index in [1.807, 2.05) is 25.1 Å². The number of aromatic nitrogens is 2. The fourth-order valence-electron chi connectivity index (χ4n) is 2.03. The molecule has 0 amide bonds. The number of aryl methyl sites for hydroxylation is 1. The SMILES string of the molecule is CCC(N)C(Sc1nc(C)cc(=O)[nH]1)c1cccc(Br)c1. The molecule has 2 unspecified atom stereocenters. The Bertz CT molecular complexity index is 674. The summed E-state index contributed by atoms with van der Waals surface area (Å²) in [6, 6.07) is 9.54. The van der Waals surface area contributed by atoms with Gasteiger partial charge in [0, 0.05) is 22.3 Å². The lowest BCUT2D eigenvalue weighted by molar-refractivity contribution is 0.632. The Morgan fingerprint density at radius 1 is 1.43 bits per heavy atom. The third-order valence-electron chi connectivity index (χ3n) is 3.12. The zero-order chi connectivity index (χ0) is 15.4. The van der Waals surface area contributed by atoms with Crippen molar-refractivity contribution >= 4 is 27.7 Å². The molecule has 0 aliphatic rings. The number of nitrogens with one attached hydrogen (secondary N) is 1. The molecule has 0 saturated carbocycles. The molecular formula is C15H18BrN3OS. The number of aromatic amines is 1. The highest BCUT2D eigenvalue weighted by molar-refractivity contribution is 9.10. The number of thioether (sulfide) groups is 1. The molecule has 0 saturated heterocycles. The monoisotopic (exact) mass is 367 g/mol. The molecule has 112 valence electrons. The summed E-state index contributed by atoms with van der Waals surface area (Å²) in [7, 11) is 0. The van der Waals surface area contributed by atoms with E-state index in [1.165, 1.54) is 17.8 Å². The minimum absolute atomic E-state index is 0.0184. The van der Waals surface area contributed by atoms with E-state index in [-0.39, 0.29) is 16.9 Å². The molecule has 3 N–H and O–H groups in total. The Balaban J connectivity index is 2.35. The molecule has 0 fully saturated rings. The van der Waals surface area contributed by atoms with Crippen LogP contribution in [0.5, 0.6) is 0 Å². The van der Waals surface area contributed by atoms with Gasteiger partial charge in [0.05, 0.1) is 5.25 Å². The Labute approximate surface area is 136 Å². The van der Waals surface area contributed by atoms with Crippen molar-refractivity contribution in [3.05, 3.63) is 56.4 Å². The number of hydrogen-bond acceptors (Lipinski definition) is 4. The van der Waals surface area contributed by atoms with Gasteiger partial charge in [-0.15, -0.1) is 0 Å². The lowest BCUT2D eigenvalue weighted by Crippen LogP contribution is -2.26. The Morgan fingerprint density at radius 3 is 2.81 bits per heavy atom. The van der Waals surface area contributed by atoms with Crippen LogP contribution in [0.1, 0.15) is 29.9 Å². The van der Waals surface area contributed by atoms with Gasteiger partial charge in [0.1, 0.15) is 0 Å². The van der Waals surface area contributed by atoms with Gasteiger partial charge in [0.15, 0.2) is 5.16 Å². The Morgan fingerprint density at radius 2 is 2.19 bits per heavy atom. The molecule has 0 bridgehead atoms. The highest BCUT2D eigenvalue weighted by Crippen LogP contribution is 2.37. The van der Waals surface area contributed by atoms with Gasteiger partial charge in [-0.3, -0.25) is 4.79 Å². The van der Waals surface area contributed by atoms with E-state index in [9.17, 15) is 4.79 Å². The maximum Gasteiger partial charge on any atom is 0.251 e. The van der Waals surface area contributed by atoms with Gasteiger partial charge in [-0.1, -0.05) is 46.7 Å². The summed E-state index contributed by atoms with van der Waals surface area (Å²) in [6.07, 6.45) is 0.847. The average Bonchev–Trinajstić information content (AvgIpc) is 2.43. The first-order valence-electron chi connectivity index (χ1n) is 6.75. The fraction of sp³-hybridized carbons (Fsp3) is 0.333. The van der Waals surface area contributed by atoms with Crippen molar-refractivity contribution in [3.63, 3.8) is 0 Å². The van der Waals surface area contributed by atoms with Gasteiger partial charge in [-0.2, -0.15) is 0 Å². The van der Waals surface area contributed by atoms with Crippen molar-refractivity contribution in [2.75, 3.05) is 0 Å².